The van der Waals surface area contributed by atoms with E-state index in [2.05, 4.69) is 274 Å². The molecule has 0 aromatic heterocycles. The average Bonchev–Trinajstić information content (AvgIpc) is 4.12. The van der Waals surface area contributed by atoms with Crippen molar-refractivity contribution in [2.75, 3.05) is 42.7 Å². The molecule has 6 aromatic carbocycles. The average molecular weight is 1130 g/mol. The molecule has 84 heavy (non-hydrogen) atoms. The predicted octanol–water partition coefficient (Wildman–Crippen LogP) is 13.1. The Bertz CT molecular complexity index is 3230. The van der Waals surface area contributed by atoms with E-state index in [9.17, 15) is 0 Å². The van der Waals surface area contributed by atoms with Crippen molar-refractivity contribution in [3.8, 4) is 22.3 Å². The van der Waals surface area contributed by atoms with Crippen molar-refractivity contribution in [1.29, 1.82) is 0 Å². The minimum Gasteiger partial charge on any atom is -0.399 e. The zero-order valence-corrected chi connectivity index (χ0v) is 51.0. The van der Waals surface area contributed by atoms with Crippen LogP contribution in [0.2, 0.25) is 0 Å². The highest BCUT2D eigenvalue weighted by Gasteiger charge is 2.53. The van der Waals surface area contributed by atoms with Gasteiger partial charge in [-0.1, -0.05) is 146 Å². The fourth-order valence-corrected chi connectivity index (χ4v) is 11.9. The Hall–Kier alpha value is -6.51. The molecular formula is C72H78B2O10. The molecule has 2 heterocycles. The fraction of sp³-hybridized carbons (Fsp3) is 0.333. The lowest BCUT2D eigenvalue weighted by molar-refractivity contribution is 0.00578. The largest absolute Gasteiger partial charge is 0.494 e. The molecule has 10 nitrogen and oxygen atoms in total. The van der Waals surface area contributed by atoms with Crippen LogP contribution in [0, 0.1) is 0 Å². The lowest BCUT2D eigenvalue weighted by atomic mass is 9.76. The van der Waals surface area contributed by atoms with E-state index < -0.39 is 70.2 Å². The van der Waals surface area contributed by atoms with Gasteiger partial charge >= 0.3 is 14.2 Å². The van der Waals surface area contributed by atoms with E-state index in [0.717, 1.165) is 66.6 Å². The number of benzene rings is 6. The standard InChI is InChI=1S/C72H78B2O10/c1-63(2)64(3,4)82-73(81-63)61-35-31-59(32-36-61)71(79-13)47-43-69(77-11,44-48-71)57-27-19-53(20-28-57)51-15-23-55(24-16-51)67(75-9)39-41-68(76-10,42-40-67)56-25-17-52(18-26-56)54-21-29-58(30-22-54)70(78-12)45-49-72(80-14,50-46-70)60-33-37-62(38-34-60)74-83-65(5,6)66(7,8)84-74/h15-50H,1-14H3. The van der Waals surface area contributed by atoms with Gasteiger partial charge in [-0.15, -0.1) is 0 Å². The van der Waals surface area contributed by atoms with Gasteiger partial charge in [0.2, 0.25) is 0 Å². The van der Waals surface area contributed by atoms with Gasteiger partial charge in [-0.3, -0.25) is 0 Å². The summed E-state index contributed by atoms with van der Waals surface area (Å²) in [5, 5.41) is 0. The van der Waals surface area contributed by atoms with Crippen molar-refractivity contribution in [3.05, 3.63) is 252 Å². The number of rotatable bonds is 16. The molecule has 0 saturated carbocycles. The molecule has 2 fully saturated rings. The summed E-state index contributed by atoms with van der Waals surface area (Å²) in [6.07, 6.45) is 25.0. The van der Waals surface area contributed by atoms with Crippen molar-refractivity contribution in [1.82, 2.24) is 0 Å². The van der Waals surface area contributed by atoms with Crippen molar-refractivity contribution in [2.24, 2.45) is 0 Å². The number of hydrogen-bond donors (Lipinski definition) is 0. The highest BCUT2D eigenvalue weighted by molar-refractivity contribution is 6.62. The van der Waals surface area contributed by atoms with Gasteiger partial charge in [-0.2, -0.15) is 0 Å². The van der Waals surface area contributed by atoms with Crippen molar-refractivity contribution >= 4 is 25.2 Å². The molecule has 0 N–H and O–H groups in total. The zero-order chi connectivity index (χ0) is 59.6. The maximum absolute atomic E-state index is 6.30. The van der Waals surface area contributed by atoms with E-state index in [1.807, 2.05) is 0 Å². The second kappa shape index (κ2) is 21.8. The quantitative estimate of drug-likeness (QED) is 0.0689. The molecular weight excluding hydrogens is 1050 g/mol. The Labute approximate surface area is 498 Å². The third kappa shape index (κ3) is 10.1. The van der Waals surface area contributed by atoms with E-state index in [-0.39, 0.29) is 0 Å². The van der Waals surface area contributed by atoms with Gasteiger partial charge in [0.1, 0.15) is 33.6 Å². The van der Waals surface area contributed by atoms with Crippen LogP contribution < -0.4 is 10.9 Å². The summed E-state index contributed by atoms with van der Waals surface area (Å²) in [4.78, 5) is 0. The molecule has 2 saturated heterocycles. The van der Waals surface area contributed by atoms with Crippen LogP contribution in [-0.2, 0) is 80.6 Å². The van der Waals surface area contributed by atoms with E-state index in [1.165, 1.54) is 0 Å². The molecule has 0 atom stereocenters. The van der Waals surface area contributed by atoms with Crippen molar-refractivity contribution in [2.45, 2.75) is 111 Å². The maximum Gasteiger partial charge on any atom is 0.494 e. The van der Waals surface area contributed by atoms with Gasteiger partial charge in [-0.25, -0.2) is 0 Å². The summed E-state index contributed by atoms with van der Waals surface area (Å²) in [7, 11) is 9.52. The lowest BCUT2D eigenvalue weighted by Gasteiger charge is -2.36. The molecule has 0 bridgehead atoms. The second-order valence-corrected chi connectivity index (χ2v) is 24.7. The molecule has 0 unspecified atom stereocenters. The third-order valence-corrected chi connectivity index (χ3v) is 19.3. The van der Waals surface area contributed by atoms with Gasteiger partial charge in [-0.05, 0) is 195 Å². The summed E-state index contributed by atoms with van der Waals surface area (Å²) in [5.74, 6) is 0. The molecule has 5 aliphatic rings. The smallest absolute Gasteiger partial charge is 0.399 e. The van der Waals surface area contributed by atoms with Crippen LogP contribution >= 0.6 is 0 Å². The van der Waals surface area contributed by atoms with Crippen LogP contribution in [0.25, 0.3) is 22.3 Å². The third-order valence-electron chi connectivity index (χ3n) is 19.3. The van der Waals surface area contributed by atoms with Crippen LogP contribution in [0.3, 0.4) is 0 Å². The molecule has 12 heteroatoms. The normalized spacial score (nSPS) is 28.8. The maximum atomic E-state index is 6.30. The summed E-state index contributed by atoms with van der Waals surface area (Å²) in [6, 6.07) is 50.6. The molecule has 6 aromatic rings. The molecule has 3 aliphatic carbocycles. The van der Waals surface area contributed by atoms with Gasteiger partial charge in [0.25, 0.3) is 0 Å². The van der Waals surface area contributed by atoms with Crippen molar-refractivity contribution in [3.63, 3.8) is 0 Å². The monoisotopic (exact) mass is 1120 g/mol. The van der Waals surface area contributed by atoms with E-state index in [1.54, 1.807) is 42.7 Å². The van der Waals surface area contributed by atoms with E-state index >= 15 is 0 Å². The Kier molecular flexibility index (Phi) is 15.4. The van der Waals surface area contributed by atoms with Crippen LogP contribution in [-0.4, -0.2) is 79.3 Å². The highest BCUT2D eigenvalue weighted by Crippen LogP contribution is 2.45. The van der Waals surface area contributed by atoms with Crippen molar-refractivity contribution < 1.29 is 47.0 Å². The van der Waals surface area contributed by atoms with Gasteiger partial charge in [0, 0.05) is 42.7 Å². The summed E-state index contributed by atoms with van der Waals surface area (Å²) >= 11 is 0. The molecule has 2 aliphatic heterocycles. The first-order valence-corrected chi connectivity index (χ1v) is 28.9. The first-order chi connectivity index (χ1) is 40.0. The topological polar surface area (TPSA) is 92.3 Å². The highest BCUT2D eigenvalue weighted by atomic mass is 16.7. The predicted molar refractivity (Wildman–Crippen MR) is 335 cm³/mol. The van der Waals surface area contributed by atoms with Gasteiger partial charge in [0.15, 0.2) is 0 Å². The minimum absolute atomic E-state index is 0.416. The zero-order valence-electron chi connectivity index (χ0n) is 51.0. The van der Waals surface area contributed by atoms with Crippen LogP contribution in [0.5, 0.6) is 0 Å². The molecule has 0 amide bonds. The lowest BCUT2D eigenvalue weighted by Crippen LogP contribution is -2.41. The molecule has 0 spiro atoms. The van der Waals surface area contributed by atoms with Crippen LogP contribution in [0.4, 0.5) is 0 Å². The summed E-state index contributed by atoms with van der Waals surface area (Å²) in [6.45, 7) is 16.5. The first kappa shape index (κ1) is 59.2. The molecule has 11 rings (SSSR count). The Balaban J connectivity index is 0.733. The summed E-state index contributed by atoms with van der Waals surface area (Å²) in [5.41, 5.74) is 5.87. The van der Waals surface area contributed by atoms with Crippen LogP contribution in [0.1, 0.15) is 88.8 Å². The van der Waals surface area contributed by atoms with Crippen LogP contribution in [0.15, 0.2) is 219 Å². The SMILES string of the molecule is COC1(c2ccc(B3OC(C)(C)C(C)(C)O3)cc2)C=CC(OC)(c2ccc(-c3ccc(C4(OC)C=CC(OC)(c5ccc(-c6ccc(C7(OC)C=CC(OC)(c8ccc(B9OC(C)(C)C(C)(C)O9)cc8)C=C7)cc6)cc5)C=C4)cc3)cc2)C=C1. The van der Waals surface area contributed by atoms with E-state index in [4.69, 9.17) is 47.0 Å². The first-order valence-electron chi connectivity index (χ1n) is 28.9. The number of methoxy groups -OCH3 is 6. The molecule has 432 valence electrons. The van der Waals surface area contributed by atoms with E-state index in [0.29, 0.717) is 0 Å². The Morgan fingerprint density at radius 3 is 0.512 bits per heavy atom. The minimum atomic E-state index is -0.793. The summed E-state index contributed by atoms with van der Waals surface area (Å²) < 4.78 is 62.7. The number of ether oxygens (including phenoxy) is 6. The van der Waals surface area contributed by atoms with Gasteiger partial charge < -0.3 is 47.0 Å². The number of hydrogen-bond acceptors (Lipinski definition) is 10. The molecule has 0 radical (unpaired) electrons. The Morgan fingerprint density at radius 2 is 0.369 bits per heavy atom. The fourth-order valence-electron chi connectivity index (χ4n) is 11.9. The Morgan fingerprint density at radius 1 is 0.226 bits per heavy atom. The second-order valence-electron chi connectivity index (χ2n) is 24.7. The van der Waals surface area contributed by atoms with Gasteiger partial charge in [0.05, 0.1) is 22.4 Å².